The van der Waals surface area contributed by atoms with Crippen molar-refractivity contribution >= 4 is 64.5 Å². The summed E-state index contributed by atoms with van der Waals surface area (Å²) in [5.41, 5.74) is 0. The third-order valence-corrected chi connectivity index (χ3v) is 9.98. The van der Waals surface area contributed by atoms with Gasteiger partial charge in [-0.25, -0.2) is 0 Å². The number of hydrogen-bond donors (Lipinski definition) is 0. The van der Waals surface area contributed by atoms with E-state index in [2.05, 4.69) is 27.7 Å². The Morgan fingerprint density at radius 1 is 0.319 bits per heavy atom. The Morgan fingerprint density at radius 2 is 0.468 bits per heavy atom. The van der Waals surface area contributed by atoms with E-state index in [1.54, 1.807) is 0 Å². The number of rotatable bonds is 36. The number of phosphoric acid groups is 2. The zero-order chi connectivity index (χ0) is 34.5. The van der Waals surface area contributed by atoms with Crippen LogP contribution in [0, 0.1) is 0 Å². The van der Waals surface area contributed by atoms with Crippen LogP contribution in [0.5, 0.6) is 0 Å². The fourth-order valence-corrected chi connectivity index (χ4v) is 6.58. The van der Waals surface area contributed by atoms with Crippen LogP contribution in [0.2, 0.25) is 0 Å². The summed E-state index contributed by atoms with van der Waals surface area (Å²) in [5, 5.41) is 0. The zero-order valence-corrected chi connectivity index (χ0v) is 37.7. The number of phosphoric ester groups is 2. The molecule has 0 aliphatic rings. The van der Waals surface area contributed by atoms with Crippen molar-refractivity contribution in [3.63, 3.8) is 0 Å². The van der Waals surface area contributed by atoms with Crippen LogP contribution >= 0.6 is 15.6 Å². The van der Waals surface area contributed by atoms with Gasteiger partial charge < -0.3 is 27.9 Å². The van der Waals surface area contributed by atoms with E-state index in [1.807, 2.05) is 0 Å². The van der Waals surface area contributed by atoms with Gasteiger partial charge in [0.2, 0.25) is 0 Å². The van der Waals surface area contributed by atoms with Crippen molar-refractivity contribution in [3.05, 3.63) is 0 Å². The molecular formula is C36H76BaO8P2. The molecule has 0 aliphatic heterocycles. The van der Waals surface area contributed by atoms with Gasteiger partial charge in [-0.3, -0.25) is 9.13 Å². The molecule has 0 spiro atoms. The van der Waals surface area contributed by atoms with Gasteiger partial charge in [-0.1, -0.05) is 182 Å². The first-order valence-corrected chi connectivity index (χ1v) is 22.4. The zero-order valence-electron chi connectivity index (χ0n) is 31.5. The first-order valence-electron chi connectivity index (χ1n) is 19.4. The Bertz CT molecular complexity index is 583. The Hall–Kier alpha value is 1.79. The third kappa shape index (κ3) is 47.8. The van der Waals surface area contributed by atoms with E-state index in [4.69, 9.17) is 18.1 Å². The monoisotopic (exact) mass is 836 g/mol. The minimum Gasteiger partial charge on any atom is -0.756 e. The smallest absolute Gasteiger partial charge is 0.756 e. The summed E-state index contributed by atoms with van der Waals surface area (Å²) in [4.78, 5) is 23.1. The molecule has 280 valence electrons. The topological polar surface area (TPSA) is 117 Å². The molecule has 11 heteroatoms. The molecule has 0 aromatic rings. The first kappa shape index (κ1) is 53.1. The second kappa shape index (κ2) is 42.2. The van der Waals surface area contributed by atoms with Gasteiger partial charge in [0.25, 0.3) is 15.6 Å². The van der Waals surface area contributed by atoms with Crippen molar-refractivity contribution in [3.8, 4) is 0 Å². The van der Waals surface area contributed by atoms with Gasteiger partial charge in [-0.15, -0.1) is 0 Å². The van der Waals surface area contributed by atoms with Crippen molar-refractivity contribution in [1.29, 1.82) is 0 Å². The van der Waals surface area contributed by atoms with Crippen LogP contribution < -0.4 is 9.79 Å². The third-order valence-electron chi connectivity index (χ3n) is 7.99. The minimum atomic E-state index is -4.07. The summed E-state index contributed by atoms with van der Waals surface area (Å²) in [6.45, 7) is 9.82. The van der Waals surface area contributed by atoms with Crippen LogP contribution in [0.15, 0.2) is 0 Å². The molecule has 47 heavy (non-hydrogen) atoms. The van der Waals surface area contributed by atoms with Crippen LogP contribution in [0.1, 0.15) is 207 Å². The molecule has 0 saturated carbocycles. The molecule has 0 aromatic carbocycles. The number of hydrogen-bond acceptors (Lipinski definition) is 8. The fraction of sp³-hybridized carbons (Fsp3) is 1.00. The van der Waals surface area contributed by atoms with Gasteiger partial charge in [-0.05, 0) is 25.7 Å². The van der Waals surface area contributed by atoms with E-state index in [-0.39, 0.29) is 75.3 Å². The second-order valence-electron chi connectivity index (χ2n) is 12.7. The molecule has 0 aromatic heterocycles. The number of unbranched alkanes of at least 4 members (excludes halogenated alkanes) is 24. The average Bonchev–Trinajstić information content (AvgIpc) is 3.02. The van der Waals surface area contributed by atoms with E-state index >= 15 is 0 Å². The molecule has 8 nitrogen and oxygen atoms in total. The summed E-state index contributed by atoms with van der Waals surface area (Å²) in [6, 6.07) is 0. The molecule has 0 atom stereocenters. The predicted molar refractivity (Wildman–Crippen MR) is 197 cm³/mol. The molecule has 0 amide bonds. The second-order valence-corrected chi connectivity index (χ2v) is 15.5. The average molecular weight is 836 g/mol. The largest absolute Gasteiger partial charge is 2.00 e. The standard InChI is InChI=1S/2C18H39O4P.Ba/c2*1-3-5-7-9-11-13-15-17-21-23(19,20)22-18-16-14-12-10-8-6-4-2;/h2*3-18H2,1-2H3,(H,19,20);/q;;+2/p-2. The maximum atomic E-state index is 11.6. The maximum Gasteiger partial charge on any atom is 2.00 e. The van der Waals surface area contributed by atoms with Gasteiger partial charge in [0, 0.05) is 0 Å². The van der Waals surface area contributed by atoms with Gasteiger partial charge >= 0.3 is 48.9 Å². The molecule has 0 bridgehead atoms. The molecule has 0 N–H and O–H groups in total. The van der Waals surface area contributed by atoms with E-state index < -0.39 is 15.6 Å². The van der Waals surface area contributed by atoms with Crippen LogP contribution in [0.3, 0.4) is 0 Å². The quantitative estimate of drug-likeness (QED) is 0.0348. The minimum absolute atomic E-state index is 0. The Labute approximate surface area is 332 Å². The maximum absolute atomic E-state index is 11.6. The first-order chi connectivity index (χ1) is 22.2. The van der Waals surface area contributed by atoms with Crippen LogP contribution in [-0.4, -0.2) is 75.3 Å². The normalized spacial score (nSPS) is 11.7. The molecule has 0 rings (SSSR count). The molecule has 0 radical (unpaired) electrons. The van der Waals surface area contributed by atoms with Crippen molar-refractivity contribution in [2.24, 2.45) is 0 Å². The van der Waals surface area contributed by atoms with Crippen LogP contribution in [0.4, 0.5) is 0 Å². The Balaban J connectivity index is -0.000000807. The van der Waals surface area contributed by atoms with E-state index in [0.717, 1.165) is 77.0 Å². The summed E-state index contributed by atoms with van der Waals surface area (Å²) in [6.07, 6.45) is 32.1. The van der Waals surface area contributed by atoms with Crippen LogP contribution in [-0.2, 0) is 27.2 Å². The van der Waals surface area contributed by atoms with E-state index in [0.29, 0.717) is 0 Å². The molecular weight excluding hydrogens is 760 g/mol. The summed E-state index contributed by atoms with van der Waals surface area (Å²) in [7, 11) is -8.15. The molecule has 0 saturated heterocycles. The van der Waals surface area contributed by atoms with Gasteiger partial charge in [0.1, 0.15) is 0 Å². The molecule has 0 heterocycles. The van der Waals surface area contributed by atoms with Crippen molar-refractivity contribution < 1.29 is 37.0 Å². The Morgan fingerprint density at radius 3 is 0.638 bits per heavy atom. The van der Waals surface area contributed by atoms with Gasteiger partial charge in [0.05, 0.1) is 26.4 Å². The molecule has 0 aliphatic carbocycles. The molecule has 0 fully saturated rings. The summed E-state index contributed by atoms with van der Waals surface area (Å²) >= 11 is 0. The van der Waals surface area contributed by atoms with Crippen molar-refractivity contribution in [2.45, 2.75) is 207 Å². The van der Waals surface area contributed by atoms with Gasteiger partial charge in [-0.2, -0.15) is 0 Å². The van der Waals surface area contributed by atoms with Gasteiger partial charge in [0.15, 0.2) is 0 Å². The van der Waals surface area contributed by atoms with E-state index in [9.17, 15) is 18.9 Å². The predicted octanol–water partition coefficient (Wildman–Crippen LogP) is 11.6. The molecule has 0 unspecified atom stereocenters. The van der Waals surface area contributed by atoms with Crippen molar-refractivity contribution in [2.75, 3.05) is 26.4 Å². The summed E-state index contributed by atoms with van der Waals surface area (Å²) in [5.74, 6) is 0. The van der Waals surface area contributed by atoms with Crippen LogP contribution in [0.25, 0.3) is 0 Å². The van der Waals surface area contributed by atoms with E-state index in [1.165, 1.54) is 103 Å². The Kier molecular flexibility index (Phi) is 47.7. The fourth-order valence-electron chi connectivity index (χ4n) is 5.02. The van der Waals surface area contributed by atoms with Crippen molar-refractivity contribution in [1.82, 2.24) is 0 Å². The SMILES string of the molecule is CCCCCCCCCOP(=O)([O-])OCCCCCCCCC.CCCCCCCCCOP(=O)([O-])OCCCCCCCCC.[Ba+2]. The summed E-state index contributed by atoms with van der Waals surface area (Å²) < 4.78 is 42.7.